The molecule has 0 spiro atoms. The average Bonchev–Trinajstić information content (AvgIpc) is 2.93. The van der Waals surface area contributed by atoms with Gasteiger partial charge in [-0.15, -0.1) is 11.3 Å². The van der Waals surface area contributed by atoms with E-state index in [2.05, 4.69) is 0 Å². The Labute approximate surface area is 142 Å². The van der Waals surface area contributed by atoms with Crippen molar-refractivity contribution in [3.05, 3.63) is 57.0 Å². The number of amides is 1. The van der Waals surface area contributed by atoms with Crippen LogP contribution in [0.25, 0.3) is 0 Å². The van der Waals surface area contributed by atoms with E-state index in [1.807, 2.05) is 0 Å². The zero-order valence-electron chi connectivity index (χ0n) is 12.3. The Morgan fingerprint density at radius 1 is 1.26 bits per heavy atom. The van der Waals surface area contributed by atoms with Gasteiger partial charge in [-0.1, -0.05) is 23.7 Å². The first-order valence-corrected chi connectivity index (χ1v) is 8.06. The minimum absolute atomic E-state index is 0.106. The molecule has 7 heteroatoms. The van der Waals surface area contributed by atoms with Gasteiger partial charge in [-0.3, -0.25) is 9.59 Å². The number of benzene rings is 1. The van der Waals surface area contributed by atoms with Gasteiger partial charge in [0.05, 0.1) is 10.3 Å². The fourth-order valence-corrected chi connectivity index (χ4v) is 3.25. The van der Waals surface area contributed by atoms with Crippen LogP contribution in [0.5, 0.6) is 0 Å². The zero-order valence-corrected chi connectivity index (χ0v) is 13.9. The molecule has 0 saturated heterocycles. The van der Waals surface area contributed by atoms with Gasteiger partial charge in [0, 0.05) is 11.4 Å². The van der Waals surface area contributed by atoms with Crippen LogP contribution in [0, 0.1) is 5.82 Å². The van der Waals surface area contributed by atoms with Crippen LogP contribution in [-0.4, -0.2) is 28.4 Å². The minimum atomic E-state index is -1.10. The van der Waals surface area contributed by atoms with Gasteiger partial charge in [0.25, 0.3) is 0 Å². The predicted octanol–water partition coefficient (Wildman–Crippen LogP) is 3.76. The number of hydrogen-bond donors (Lipinski definition) is 1. The number of rotatable bonds is 6. The third-order valence-electron chi connectivity index (χ3n) is 3.32. The molecule has 1 aromatic heterocycles. The molecule has 2 rings (SSSR count). The van der Waals surface area contributed by atoms with E-state index < -0.39 is 18.4 Å². The van der Waals surface area contributed by atoms with E-state index in [-0.39, 0.29) is 18.3 Å². The monoisotopic (exact) mass is 355 g/mol. The van der Waals surface area contributed by atoms with Gasteiger partial charge < -0.3 is 10.0 Å². The van der Waals surface area contributed by atoms with Crippen molar-refractivity contribution in [3.63, 3.8) is 0 Å². The molecule has 23 heavy (non-hydrogen) atoms. The van der Waals surface area contributed by atoms with E-state index in [0.29, 0.717) is 9.90 Å². The second-order valence-electron chi connectivity index (χ2n) is 5.08. The highest BCUT2D eigenvalue weighted by Gasteiger charge is 2.25. The molecule has 2 aromatic rings. The van der Waals surface area contributed by atoms with Crippen molar-refractivity contribution in [1.29, 1.82) is 0 Å². The summed E-state index contributed by atoms with van der Waals surface area (Å²) in [4.78, 5) is 25.7. The Bertz CT molecular complexity index is 702. The summed E-state index contributed by atoms with van der Waals surface area (Å²) in [7, 11) is 0. The average molecular weight is 356 g/mol. The maximum Gasteiger partial charge on any atom is 0.323 e. The third-order valence-corrected chi connectivity index (χ3v) is 4.73. The molecule has 0 fully saturated rings. The molecule has 0 radical (unpaired) electrons. The number of aliphatic carboxylic acids is 1. The molecule has 1 aromatic carbocycles. The van der Waals surface area contributed by atoms with Crippen molar-refractivity contribution in [1.82, 2.24) is 4.90 Å². The molecular formula is C16H15ClFNO3S. The van der Waals surface area contributed by atoms with Crippen LogP contribution in [0.3, 0.4) is 0 Å². The second kappa shape index (κ2) is 7.57. The summed E-state index contributed by atoms with van der Waals surface area (Å²) >= 11 is 7.17. The Balaban J connectivity index is 2.17. The van der Waals surface area contributed by atoms with Gasteiger partial charge in [-0.25, -0.2) is 4.39 Å². The molecule has 0 bridgehead atoms. The molecule has 0 aliphatic heterocycles. The lowest BCUT2D eigenvalue weighted by Gasteiger charge is -2.24. The van der Waals surface area contributed by atoms with E-state index in [1.165, 1.54) is 40.5 Å². The van der Waals surface area contributed by atoms with Crippen LogP contribution in [-0.2, 0) is 16.1 Å². The van der Waals surface area contributed by atoms with Crippen LogP contribution in [0.1, 0.15) is 23.3 Å². The summed E-state index contributed by atoms with van der Waals surface area (Å²) in [5.74, 6) is -2.29. The Morgan fingerprint density at radius 2 is 1.91 bits per heavy atom. The van der Waals surface area contributed by atoms with Crippen molar-refractivity contribution in [2.45, 2.75) is 19.4 Å². The van der Waals surface area contributed by atoms with Crippen molar-refractivity contribution in [2.24, 2.45) is 0 Å². The van der Waals surface area contributed by atoms with E-state index in [0.717, 1.165) is 4.88 Å². The summed E-state index contributed by atoms with van der Waals surface area (Å²) in [5.41, 5.74) is 0.664. The molecule has 4 nitrogen and oxygen atoms in total. The smallest absolute Gasteiger partial charge is 0.323 e. The summed E-state index contributed by atoms with van der Waals surface area (Å²) in [6.45, 7) is 1.40. The number of halogens is 2. The number of carboxylic acids is 1. The van der Waals surface area contributed by atoms with Crippen LogP contribution in [0.4, 0.5) is 4.39 Å². The molecule has 0 aliphatic carbocycles. The normalized spacial score (nSPS) is 12.0. The van der Waals surface area contributed by atoms with Crippen molar-refractivity contribution >= 4 is 34.8 Å². The van der Waals surface area contributed by atoms with E-state index in [9.17, 15) is 14.0 Å². The topological polar surface area (TPSA) is 57.6 Å². The summed E-state index contributed by atoms with van der Waals surface area (Å²) in [6.07, 6.45) is 0. The molecule has 1 heterocycles. The quantitative estimate of drug-likeness (QED) is 0.858. The summed E-state index contributed by atoms with van der Waals surface area (Å²) in [5, 5.41) is 9.04. The zero-order chi connectivity index (χ0) is 17.0. The van der Waals surface area contributed by atoms with Gasteiger partial charge in [0.15, 0.2) is 0 Å². The number of carbonyl (C=O) groups is 2. The molecule has 1 unspecified atom stereocenters. The number of carbonyl (C=O) groups excluding carboxylic acids is 1. The van der Waals surface area contributed by atoms with Gasteiger partial charge in [-0.05, 0) is 36.8 Å². The van der Waals surface area contributed by atoms with Gasteiger partial charge in [-0.2, -0.15) is 0 Å². The molecular weight excluding hydrogens is 341 g/mol. The predicted molar refractivity (Wildman–Crippen MR) is 87.2 cm³/mol. The highest BCUT2D eigenvalue weighted by atomic mass is 35.5. The van der Waals surface area contributed by atoms with Crippen LogP contribution >= 0.6 is 22.9 Å². The lowest BCUT2D eigenvalue weighted by atomic mass is 10.1. The van der Waals surface area contributed by atoms with E-state index in [1.54, 1.807) is 19.1 Å². The Morgan fingerprint density at radius 3 is 2.43 bits per heavy atom. The van der Waals surface area contributed by atoms with Crippen molar-refractivity contribution in [2.75, 3.05) is 6.54 Å². The second-order valence-corrected chi connectivity index (χ2v) is 6.82. The standard InChI is InChI=1S/C16H15ClFNO3S/c1-10(13-6-7-14(17)23-13)16(22)19(9-15(20)21)8-11-2-4-12(18)5-3-11/h2-7,10H,8-9H2,1H3,(H,20,21). The molecule has 1 amide bonds. The van der Waals surface area contributed by atoms with Crippen LogP contribution in [0.2, 0.25) is 4.34 Å². The van der Waals surface area contributed by atoms with E-state index in [4.69, 9.17) is 16.7 Å². The highest BCUT2D eigenvalue weighted by Crippen LogP contribution is 2.29. The maximum absolute atomic E-state index is 13.0. The lowest BCUT2D eigenvalue weighted by molar-refractivity contribution is -0.145. The molecule has 0 saturated carbocycles. The Hall–Kier alpha value is -1.92. The first-order chi connectivity index (χ1) is 10.9. The fourth-order valence-electron chi connectivity index (χ4n) is 2.14. The summed E-state index contributed by atoms with van der Waals surface area (Å²) in [6, 6.07) is 9.08. The number of hydrogen-bond acceptors (Lipinski definition) is 3. The molecule has 122 valence electrons. The SMILES string of the molecule is CC(C(=O)N(CC(=O)O)Cc1ccc(F)cc1)c1ccc(Cl)s1. The number of thiophene rings is 1. The van der Waals surface area contributed by atoms with Crippen LogP contribution < -0.4 is 0 Å². The van der Waals surface area contributed by atoms with Crippen molar-refractivity contribution < 1.29 is 19.1 Å². The molecule has 1 atom stereocenters. The largest absolute Gasteiger partial charge is 0.480 e. The third kappa shape index (κ3) is 4.77. The van der Waals surface area contributed by atoms with Gasteiger partial charge >= 0.3 is 5.97 Å². The van der Waals surface area contributed by atoms with E-state index >= 15 is 0 Å². The van der Waals surface area contributed by atoms with Gasteiger partial charge in [0.1, 0.15) is 12.4 Å². The maximum atomic E-state index is 13.0. The first kappa shape index (κ1) is 17.4. The fraction of sp³-hybridized carbons (Fsp3) is 0.250. The minimum Gasteiger partial charge on any atom is -0.480 e. The lowest BCUT2D eigenvalue weighted by Crippen LogP contribution is -2.37. The molecule has 0 aliphatic rings. The highest BCUT2D eigenvalue weighted by molar-refractivity contribution is 7.16. The van der Waals surface area contributed by atoms with Gasteiger partial charge in [0.2, 0.25) is 5.91 Å². The number of nitrogens with zero attached hydrogens (tertiary/aromatic N) is 1. The Kier molecular flexibility index (Phi) is 5.74. The summed E-state index contributed by atoms with van der Waals surface area (Å²) < 4.78 is 13.5. The molecule has 1 N–H and O–H groups in total. The first-order valence-electron chi connectivity index (χ1n) is 6.87. The van der Waals surface area contributed by atoms with Crippen LogP contribution in [0.15, 0.2) is 36.4 Å². The van der Waals surface area contributed by atoms with Crippen molar-refractivity contribution in [3.8, 4) is 0 Å². The number of carboxylic acid groups (broad SMARTS) is 1.